The van der Waals surface area contributed by atoms with E-state index in [0.29, 0.717) is 22.6 Å². The Balaban J connectivity index is 2.24. The van der Waals surface area contributed by atoms with Crippen LogP contribution in [0.2, 0.25) is 0 Å². The smallest absolute Gasteiger partial charge is 0.261 e. The number of aryl methyl sites for hydroxylation is 1. The predicted molar refractivity (Wildman–Crippen MR) is 101 cm³/mol. The van der Waals surface area contributed by atoms with Crippen molar-refractivity contribution in [2.24, 2.45) is 0 Å². The van der Waals surface area contributed by atoms with E-state index in [2.05, 4.69) is 0 Å². The highest BCUT2D eigenvalue weighted by Crippen LogP contribution is 2.24. The molecule has 2 aromatic carbocycles. The molecule has 0 aromatic heterocycles. The van der Waals surface area contributed by atoms with E-state index >= 15 is 0 Å². The van der Waals surface area contributed by atoms with Crippen molar-refractivity contribution in [2.75, 3.05) is 6.26 Å². The van der Waals surface area contributed by atoms with E-state index in [-0.39, 0.29) is 0 Å². The van der Waals surface area contributed by atoms with E-state index in [1.54, 1.807) is 37.3 Å². The molecule has 134 valence electrons. The van der Waals surface area contributed by atoms with Crippen molar-refractivity contribution >= 4 is 20.9 Å². The van der Waals surface area contributed by atoms with Crippen LogP contribution in [0.1, 0.15) is 18.9 Å². The summed E-state index contributed by atoms with van der Waals surface area (Å²) in [7, 11) is -5.15. The van der Waals surface area contributed by atoms with Gasteiger partial charge in [0, 0.05) is 9.80 Å². The molecule has 2 rings (SSSR count). The summed E-state index contributed by atoms with van der Waals surface area (Å²) < 4.78 is 41.5. The Morgan fingerprint density at radius 2 is 1.64 bits per heavy atom. The Morgan fingerprint density at radius 3 is 2.16 bits per heavy atom. The third-order valence-corrected chi connectivity index (χ3v) is 5.81. The SMILES string of the molecule is C/C=C(/C(CCc1ccccc1)OS(C)(=O)=O)S(=O)c1ccccc1. The molecule has 0 heterocycles. The number of rotatable bonds is 8. The summed E-state index contributed by atoms with van der Waals surface area (Å²) in [5.41, 5.74) is 1.07. The average molecular weight is 379 g/mol. The number of hydrogen-bond acceptors (Lipinski definition) is 4. The van der Waals surface area contributed by atoms with E-state index in [4.69, 9.17) is 4.18 Å². The lowest BCUT2D eigenvalue weighted by molar-refractivity contribution is 0.243. The fourth-order valence-electron chi connectivity index (χ4n) is 2.48. The lowest BCUT2D eigenvalue weighted by Crippen LogP contribution is -2.23. The van der Waals surface area contributed by atoms with Crippen LogP contribution in [-0.2, 0) is 31.5 Å². The Bertz CT molecular complexity index is 828. The lowest BCUT2D eigenvalue weighted by Gasteiger charge is -2.19. The highest BCUT2D eigenvalue weighted by Gasteiger charge is 2.25. The monoisotopic (exact) mass is 378 g/mol. The van der Waals surface area contributed by atoms with Crippen molar-refractivity contribution < 1.29 is 16.8 Å². The second kappa shape index (κ2) is 9.08. The molecule has 2 atom stereocenters. The molecule has 0 fully saturated rings. The van der Waals surface area contributed by atoms with Gasteiger partial charge in [0.2, 0.25) is 0 Å². The van der Waals surface area contributed by atoms with E-state index < -0.39 is 27.0 Å². The summed E-state index contributed by atoms with van der Waals surface area (Å²) in [5, 5.41) is 0. The van der Waals surface area contributed by atoms with Gasteiger partial charge >= 0.3 is 0 Å². The van der Waals surface area contributed by atoms with Crippen LogP contribution in [0.3, 0.4) is 0 Å². The van der Waals surface area contributed by atoms with Crippen LogP contribution in [0.4, 0.5) is 0 Å². The van der Waals surface area contributed by atoms with Gasteiger partial charge in [0.25, 0.3) is 10.1 Å². The van der Waals surface area contributed by atoms with Crippen LogP contribution in [0.25, 0.3) is 0 Å². The fourth-order valence-corrected chi connectivity index (χ4v) is 4.46. The number of benzene rings is 2. The summed E-state index contributed by atoms with van der Waals surface area (Å²) in [6.45, 7) is 1.75. The Morgan fingerprint density at radius 1 is 1.08 bits per heavy atom. The molecule has 0 aliphatic heterocycles. The van der Waals surface area contributed by atoms with Crippen LogP contribution in [0.5, 0.6) is 0 Å². The zero-order valence-corrected chi connectivity index (χ0v) is 15.9. The van der Waals surface area contributed by atoms with E-state index in [9.17, 15) is 12.6 Å². The molecule has 0 aliphatic carbocycles. The fraction of sp³-hybridized carbons (Fsp3) is 0.263. The van der Waals surface area contributed by atoms with E-state index in [1.807, 2.05) is 36.4 Å². The minimum Gasteiger partial charge on any atom is -0.261 e. The van der Waals surface area contributed by atoms with Crippen LogP contribution < -0.4 is 0 Å². The molecule has 25 heavy (non-hydrogen) atoms. The minimum absolute atomic E-state index is 0.426. The minimum atomic E-state index is -3.67. The first-order valence-corrected chi connectivity index (χ1v) is 10.9. The largest absolute Gasteiger partial charge is 0.264 e. The van der Waals surface area contributed by atoms with Crippen LogP contribution in [0, 0.1) is 0 Å². The van der Waals surface area contributed by atoms with Crippen molar-refractivity contribution in [3.05, 3.63) is 77.2 Å². The molecule has 4 nitrogen and oxygen atoms in total. The number of allylic oxidation sites excluding steroid dienone is 1. The summed E-state index contributed by atoms with van der Waals surface area (Å²) >= 11 is 0. The summed E-state index contributed by atoms with van der Waals surface area (Å²) in [6.07, 6.45) is 2.99. The molecule has 0 saturated heterocycles. The van der Waals surface area contributed by atoms with Crippen LogP contribution >= 0.6 is 0 Å². The van der Waals surface area contributed by atoms with Crippen molar-refractivity contribution in [3.63, 3.8) is 0 Å². The molecule has 2 unspecified atom stereocenters. The Kier molecular flexibility index (Phi) is 7.11. The Hall–Kier alpha value is -1.76. The quantitative estimate of drug-likeness (QED) is 0.658. The van der Waals surface area contributed by atoms with Gasteiger partial charge in [-0.2, -0.15) is 8.42 Å². The normalized spacial score (nSPS) is 14.9. The third kappa shape index (κ3) is 6.23. The van der Waals surface area contributed by atoms with Gasteiger partial charge in [0.05, 0.1) is 17.1 Å². The van der Waals surface area contributed by atoms with Gasteiger partial charge in [-0.25, -0.2) is 4.21 Å². The molecule has 6 heteroatoms. The van der Waals surface area contributed by atoms with Gasteiger partial charge in [-0.05, 0) is 37.5 Å². The topological polar surface area (TPSA) is 60.4 Å². The molecule has 0 N–H and O–H groups in total. The molecule has 0 bridgehead atoms. The standard InChI is InChI=1S/C19H22O4S2/c1-3-19(24(20)17-12-8-5-9-13-17)18(23-25(2,21)22)15-14-16-10-6-4-7-11-16/h3-13,18H,14-15H2,1-2H3/b19-3-. The molecule has 2 aromatic rings. The molecule has 0 spiro atoms. The highest BCUT2D eigenvalue weighted by atomic mass is 32.2. The van der Waals surface area contributed by atoms with Gasteiger partial charge in [-0.3, -0.25) is 4.18 Å². The maximum atomic E-state index is 12.9. The first-order valence-electron chi connectivity index (χ1n) is 7.96. The van der Waals surface area contributed by atoms with Gasteiger partial charge in [-0.1, -0.05) is 54.6 Å². The Labute approximate surface area is 152 Å². The summed E-state index contributed by atoms with van der Waals surface area (Å²) in [6, 6.07) is 18.7. The predicted octanol–water partition coefficient (Wildman–Crippen LogP) is 3.68. The van der Waals surface area contributed by atoms with E-state index in [0.717, 1.165) is 11.8 Å². The number of hydrogen-bond donors (Lipinski definition) is 0. The van der Waals surface area contributed by atoms with Crippen molar-refractivity contribution in [2.45, 2.75) is 30.8 Å². The summed E-state index contributed by atoms with van der Waals surface area (Å²) in [5.74, 6) is 0. The maximum absolute atomic E-state index is 12.9. The van der Waals surface area contributed by atoms with Crippen molar-refractivity contribution in [1.82, 2.24) is 0 Å². The summed E-state index contributed by atoms with van der Waals surface area (Å²) in [4.78, 5) is 1.09. The molecule has 0 amide bonds. The lowest BCUT2D eigenvalue weighted by atomic mass is 10.1. The molecule has 0 aliphatic rings. The van der Waals surface area contributed by atoms with Crippen molar-refractivity contribution in [1.29, 1.82) is 0 Å². The highest BCUT2D eigenvalue weighted by molar-refractivity contribution is 7.89. The second-order valence-electron chi connectivity index (χ2n) is 5.59. The van der Waals surface area contributed by atoms with Gasteiger partial charge < -0.3 is 0 Å². The van der Waals surface area contributed by atoms with Gasteiger partial charge in [0.15, 0.2) is 0 Å². The molecular formula is C19H22O4S2. The maximum Gasteiger partial charge on any atom is 0.264 e. The average Bonchev–Trinajstić information content (AvgIpc) is 2.60. The van der Waals surface area contributed by atoms with Gasteiger partial charge in [-0.15, -0.1) is 0 Å². The van der Waals surface area contributed by atoms with Gasteiger partial charge in [0.1, 0.15) is 6.10 Å². The first-order chi connectivity index (χ1) is 11.9. The molecule has 0 radical (unpaired) electrons. The zero-order valence-electron chi connectivity index (χ0n) is 14.3. The molecular weight excluding hydrogens is 356 g/mol. The van der Waals surface area contributed by atoms with Crippen molar-refractivity contribution in [3.8, 4) is 0 Å². The first kappa shape index (κ1) is 19.6. The zero-order chi connectivity index (χ0) is 18.3. The van der Waals surface area contributed by atoms with Crippen LogP contribution in [0.15, 0.2) is 76.5 Å². The third-order valence-electron chi connectivity index (χ3n) is 3.60. The van der Waals surface area contributed by atoms with E-state index in [1.165, 1.54) is 0 Å². The van der Waals surface area contributed by atoms with Crippen LogP contribution in [-0.4, -0.2) is 25.0 Å². The second-order valence-corrected chi connectivity index (χ2v) is 8.67. The molecule has 0 saturated carbocycles.